The number of allylic oxidation sites excluding steroid dienone is 1. The third kappa shape index (κ3) is 3.13. The molecule has 0 spiro atoms. The lowest BCUT2D eigenvalue weighted by Crippen LogP contribution is -2.03. The molecule has 0 radical (unpaired) electrons. The Hall–Kier alpha value is -1.77. The Labute approximate surface area is 89.3 Å². The quantitative estimate of drug-likeness (QED) is 0.563. The molecule has 0 aliphatic carbocycles. The third-order valence-electron chi connectivity index (χ3n) is 1.80. The molecule has 1 aromatic rings. The summed E-state index contributed by atoms with van der Waals surface area (Å²) in [4.78, 5) is 10.9. The average Bonchev–Trinajstić information content (AvgIpc) is 2.18. The summed E-state index contributed by atoms with van der Waals surface area (Å²) in [6, 6.07) is 5.43. The van der Waals surface area contributed by atoms with Crippen molar-refractivity contribution >= 4 is 12.0 Å². The van der Waals surface area contributed by atoms with Crippen molar-refractivity contribution < 1.29 is 14.3 Å². The highest BCUT2D eigenvalue weighted by molar-refractivity contribution is 5.71. The number of esters is 1. The van der Waals surface area contributed by atoms with Crippen molar-refractivity contribution in [3.63, 3.8) is 0 Å². The lowest BCUT2D eigenvalue weighted by Gasteiger charge is -2.08. The van der Waals surface area contributed by atoms with Crippen molar-refractivity contribution in [3.8, 4) is 11.5 Å². The molecule has 3 heteroatoms. The summed E-state index contributed by atoms with van der Waals surface area (Å²) in [6.07, 6.45) is 3.84. The molecule has 0 amide bonds. The largest absolute Gasteiger partial charge is 0.493 e. The normalized spacial score (nSPS) is 10.3. The third-order valence-corrected chi connectivity index (χ3v) is 1.80. The Bertz CT molecular complexity index is 380. The van der Waals surface area contributed by atoms with Gasteiger partial charge in [-0.05, 0) is 24.6 Å². The zero-order valence-corrected chi connectivity index (χ0v) is 9.11. The predicted molar refractivity (Wildman–Crippen MR) is 59.0 cm³/mol. The number of carbonyl (C=O) groups is 1. The summed E-state index contributed by atoms with van der Waals surface area (Å²) < 4.78 is 10.1. The summed E-state index contributed by atoms with van der Waals surface area (Å²) in [5.74, 6) is 0.644. The number of hydrogen-bond donors (Lipinski definition) is 0. The van der Waals surface area contributed by atoms with E-state index in [2.05, 4.69) is 0 Å². The smallest absolute Gasteiger partial charge is 0.308 e. The summed E-state index contributed by atoms with van der Waals surface area (Å²) in [5, 5.41) is 0. The highest BCUT2D eigenvalue weighted by Crippen LogP contribution is 2.28. The molecule has 0 aliphatic rings. The SMILES string of the molecule is C/C=C/c1ccc(OC)c(OC(C)=O)c1. The summed E-state index contributed by atoms with van der Waals surface area (Å²) >= 11 is 0. The van der Waals surface area contributed by atoms with Gasteiger partial charge in [-0.1, -0.05) is 18.2 Å². The van der Waals surface area contributed by atoms with Gasteiger partial charge in [0.05, 0.1) is 7.11 Å². The second-order valence-corrected chi connectivity index (χ2v) is 3.00. The van der Waals surface area contributed by atoms with Crippen LogP contribution < -0.4 is 9.47 Å². The molecule has 80 valence electrons. The second-order valence-electron chi connectivity index (χ2n) is 3.00. The van der Waals surface area contributed by atoms with Crippen LogP contribution in [0.15, 0.2) is 24.3 Å². The van der Waals surface area contributed by atoms with Gasteiger partial charge in [-0.15, -0.1) is 0 Å². The zero-order chi connectivity index (χ0) is 11.3. The number of benzene rings is 1. The van der Waals surface area contributed by atoms with E-state index >= 15 is 0 Å². The lowest BCUT2D eigenvalue weighted by molar-refractivity contribution is -0.132. The summed E-state index contributed by atoms with van der Waals surface area (Å²) in [5.41, 5.74) is 0.967. The van der Waals surface area contributed by atoms with E-state index in [9.17, 15) is 4.79 Å². The van der Waals surface area contributed by atoms with E-state index in [1.165, 1.54) is 14.0 Å². The van der Waals surface area contributed by atoms with E-state index in [1.807, 2.05) is 25.1 Å². The molecule has 0 saturated heterocycles. The highest BCUT2D eigenvalue weighted by atomic mass is 16.6. The molecule has 0 heterocycles. The summed E-state index contributed by atoms with van der Waals surface area (Å²) in [6.45, 7) is 3.29. The molecule has 0 aromatic heterocycles. The van der Waals surface area contributed by atoms with Crippen molar-refractivity contribution in [1.82, 2.24) is 0 Å². The maximum Gasteiger partial charge on any atom is 0.308 e. The van der Waals surface area contributed by atoms with Crippen molar-refractivity contribution in [2.75, 3.05) is 7.11 Å². The van der Waals surface area contributed by atoms with Crippen LogP contribution in [0.1, 0.15) is 19.4 Å². The Morgan fingerprint density at radius 3 is 2.60 bits per heavy atom. The van der Waals surface area contributed by atoms with Gasteiger partial charge in [0.1, 0.15) is 0 Å². The van der Waals surface area contributed by atoms with Crippen molar-refractivity contribution in [1.29, 1.82) is 0 Å². The fourth-order valence-corrected chi connectivity index (χ4v) is 1.22. The molecule has 1 aromatic carbocycles. The topological polar surface area (TPSA) is 35.5 Å². The molecular formula is C12H14O3. The van der Waals surface area contributed by atoms with E-state index in [1.54, 1.807) is 12.1 Å². The molecule has 0 bridgehead atoms. The Morgan fingerprint density at radius 2 is 2.07 bits per heavy atom. The van der Waals surface area contributed by atoms with Crippen LogP contribution in [0, 0.1) is 0 Å². The minimum absolute atomic E-state index is 0.356. The van der Waals surface area contributed by atoms with Crippen LogP contribution in [0.2, 0.25) is 0 Å². The molecule has 0 fully saturated rings. The molecule has 0 unspecified atom stereocenters. The predicted octanol–water partition coefficient (Wildman–Crippen LogP) is 2.65. The lowest BCUT2D eigenvalue weighted by atomic mass is 10.2. The Kier molecular flexibility index (Phi) is 3.92. The summed E-state index contributed by atoms with van der Waals surface area (Å²) in [7, 11) is 1.54. The van der Waals surface area contributed by atoms with E-state index in [-0.39, 0.29) is 5.97 Å². The molecule has 0 N–H and O–H groups in total. The minimum Gasteiger partial charge on any atom is -0.493 e. The van der Waals surface area contributed by atoms with Crippen LogP contribution >= 0.6 is 0 Å². The van der Waals surface area contributed by atoms with Gasteiger partial charge in [-0.2, -0.15) is 0 Å². The van der Waals surface area contributed by atoms with E-state index in [4.69, 9.17) is 9.47 Å². The number of carbonyl (C=O) groups excluding carboxylic acids is 1. The molecule has 0 aliphatic heterocycles. The standard InChI is InChI=1S/C12H14O3/c1-4-5-10-6-7-11(14-3)12(8-10)15-9(2)13/h4-8H,1-3H3/b5-4+. The van der Waals surface area contributed by atoms with Crippen LogP contribution in [-0.2, 0) is 4.79 Å². The number of ether oxygens (including phenoxy) is 2. The van der Waals surface area contributed by atoms with Crippen LogP contribution in [0.3, 0.4) is 0 Å². The highest BCUT2D eigenvalue weighted by Gasteiger charge is 2.06. The van der Waals surface area contributed by atoms with Crippen molar-refractivity contribution in [3.05, 3.63) is 29.8 Å². The molecule has 0 atom stereocenters. The van der Waals surface area contributed by atoms with Crippen LogP contribution in [0.5, 0.6) is 11.5 Å². The van der Waals surface area contributed by atoms with Gasteiger partial charge < -0.3 is 9.47 Å². The molecule has 0 saturated carbocycles. The number of rotatable bonds is 3. The van der Waals surface area contributed by atoms with Gasteiger partial charge in [0.25, 0.3) is 0 Å². The van der Waals surface area contributed by atoms with Crippen LogP contribution in [0.4, 0.5) is 0 Å². The Balaban J connectivity index is 3.06. The number of methoxy groups -OCH3 is 1. The van der Waals surface area contributed by atoms with Gasteiger partial charge in [0.15, 0.2) is 11.5 Å². The monoisotopic (exact) mass is 206 g/mol. The van der Waals surface area contributed by atoms with Crippen LogP contribution in [0.25, 0.3) is 6.08 Å². The van der Waals surface area contributed by atoms with Gasteiger partial charge in [0.2, 0.25) is 0 Å². The fourth-order valence-electron chi connectivity index (χ4n) is 1.22. The van der Waals surface area contributed by atoms with Gasteiger partial charge >= 0.3 is 5.97 Å². The van der Waals surface area contributed by atoms with Crippen LogP contribution in [-0.4, -0.2) is 13.1 Å². The number of hydrogen-bond acceptors (Lipinski definition) is 3. The molecule has 1 rings (SSSR count). The Morgan fingerprint density at radius 1 is 1.33 bits per heavy atom. The first-order valence-electron chi connectivity index (χ1n) is 4.66. The van der Waals surface area contributed by atoms with Crippen molar-refractivity contribution in [2.24, 2.45) is 0 Å². The average molecular weight is 206 g/mol. The first kappa shape index (κ1) is 11.3. The fraction of sp³-hybridized carbons (Fsp3) is 0.250. The zero-order valence-electron chi connectivity index (χ0n) is 9.11. The maximum absolute atomic E-state index is 10.9. The molecule has 15 heavy (non-hydrogen) atoms. The molecule has 3 nitrogen and oxygen atoms in total. The van der Waals surface area contributed by atoms with E-state index < -0.39 is 0 Å². The van der Waals surface area contributed by atoms with Crippen molar-refractivity contribution in [2.45, 2.75) is 13.8 Å². The second kappa shape index (κ2) is 5.20. The first-order chi connectivity index (χ1) is 7.17. The van der Waals surface area contributed by atoms with Gasteiger partial charge in [-0.25, -0.2) is 0 Å². The minimum atomic E-state index is -0.356. The molecular weight excluding hydrogens is 192 g/mol. The van der Waals surface area contributed by atoms with Gasteiger partial charge in [-0.3, -0.25) is 4.79 Å². The van der Waals surface area contributed by atoms with E-state index in [0.29, 0.717) is 11.5 Å². The van der Waals surface area contributed by atoms with E-state index in [0.717, 1.165) is 5.56 Å². The maximum atomic E-state index is 10.9. The van der Waals surface area contributed by atoms with Gasteiger partial charge in [0, 0.05) is 6.92 Å². The first-order valence-corrected chi connectivity index (χ1v) is 4.66.